The van der Waals surface area contributed by atoms with Crippen molar-refractivity contribution < 1.29 is 19.5 Å². The summed E-state index contributed by atoms with van der Waals surface area (Å²) < 4.78 is 0. The number of nitrogens with two attached hydrogens (primary N) is 1. The number of hydrogen-bond donors (Lipinski definition) is 3. The number of carboxylic acid groups (broad SMARTS) is 1. The van der Waals surface area contributed by atoms with Crippen LogP contribution in [0, 0.1) is 0 Å². The van der Waals surface area contributed by atoms with Gasteiger partial charge in [-0.1, -0.05) is 18.2 Å². The van der Waals surface area contributed by atoms with Crippen molar-refractivity contribution in [2.45, 2.75) is 32.2 Å². The van der Waals surface area contributed by atoms with Crippen molar-refractivity contribution in [3.8, 4) is 0 Å². The lowest BCUT2D eigenvalue weighted by Gasteiger charge is -2.09. The molecule has 6 nitrogen and oxygen atoms in total. The second kappa shape index (κ2) is 8.16. The minimum absolute atomic E-state index is 0.159. The normalized spacial score (nSPS) is 11.7. The number of ketones is 1. The van der Waals surface area contributed by atoms with Crippen LogP contribution < -0.4 is 11.1 Å². The number of nitrogens with one attached hydrogen (secondary N) is 1. The van der Waals surface area contributed by atoms with E-state index in [9.17, 15) is 14.4 Å². The summed E-state index contributed by atoms with van der Waals surface area (Å²) in [5.41, 5.74) is 6.12. The predicted octanol–water partition coefficient (Wildman–Crippen LogP) is 1.20. The molecule has 0 aliphatic carbocycles. The molecule has 0 heterocycles. The number of rotatable bonds is 8. The topological polar surface area (TPSA) is 109 Å². The first-order chi connectivity index (χ1) is 9.93. The molecule has 0 unspecified atom stereocenters. The molecule has 0 aromatic heterocycles. The van der Waals surface area contributed by atoms with Gasteiger partial charge in [0.25, 0.3) is 5.91 Å². The zero-order chi connectivity index (χ0) is 15.8. The number of aliphatic carboxylic acids is 1. The number of Topliss-reactive ketones (excluding diaryl/α,β-unsaturated/α-hetero) is 1. The van der Waals surface area contributed by atoms with E-state index in [2.05, 4.69) is 5.32 Å². The van der Waals surface area contributed by atoms with Gasteiger partial charge in [0, 0.05) is 12.1 Å². The molecular weight excluding hydrogens is 272 g/mol. The highest BCUT2D eigenvalue weighted by molar-refractivity contribution is 6.07. The van der Waals surface area contributed by atoms with E-state index in [4.69, 9.17) is 10.8 Å². The lowest BCUT2D eigenvalue weighted by atomic mass is 10.0. The van der Waals surface area contributed by atoms with E-state index < -0.39 is 12.0 Å². The van der Waals surface area contributed by atoms with Crippen LogP contribution in [0.25, 0.3) is 0 Å². The van der Waals surface area contributed by atoms with Crippen LogP contribution in [0.15, 0.2) is 24.3 Å². The Labute approximate surface area is 123 Å². The van der Waals surface area contributed by atoms with Gasteiger partial charge in [0.15, 0.2) is 5.78 Å². The maximum absolute atomic E-state index is 12.0. The molecule has 114 valence electrons. The molecule has 4 N–H and O–H groups in total. The maximum atomic E-state index is 12.0. The number of amides is 1. The van der Waals surface area contributed by atoms with Crippen molar-refractivity contribution in [1.82, 2.24) is 5.32 Å². The van der Waals surface area contributed by atoms with E-state index in [0.29, 0.717) is 36.9 Å². The molecule has 1 aromatic rings. The molecule has 0 aliphatic heterocycles. The van der Waals surface area contributed by atoms with Crippen LogP contribution in [0.4, 0.5) is 0 Å². The molecule has 1 rings (SSSR count). The van der Waals surface area contributed by atoms with Crippen LogP contribution in [-0.4, -0.2) is 35.4 Å². The summed E-state index contributed by atoms with van der Waals surface area (Å²) in [6.45, 7) is 1.83. The summed E-state index contributed by atoms with van der Waals surface area (Å²) in [5.74, 6) is -1.48. The van der Waals surface area contributed by atoms with Crippen LogP contribution in [0.5, 0.6) is 0 Å². The molecule has 0 spiro atoms. The van der Waals surface area contributed by atoms with Crippen LogP contribution in [-0.2, 0) is 4.79 Å². The fourth-order valence-corrected chi connectivity index (χ4v) is 1.90. The molecule has 0 fully saturated rings. The first kappa shape index (κ1) is 16.8. The Kier molecular flexibility index (Phi) is 6.55. The number of hydrogen-bond acceptors (Lipinski definition) is 4. The standard InChI is InChI=1S/C15H20N2O4/c1-10(18)11-6-2-3-7-12(11)14(19)17-9-5-4-8-13(16)15(20)21/h2-3,6-7,13H,4-5,8-9,16H2,1H3,(H,17,19)(H,20,21)/t13-/m1/s1. The van der Waals surface area contributed by atoms with Gasteiger partial charge >= 0.3 is 5.97 Å². The van der Waals surface area contributed by atoms with Gasteiger partial charge in [0.1, 0.15) is 6.04 Å². The fourth-order valence-electron chi connectivity index (χ4n) is 1.90. The SMILES string of the molecule is CC(=O)c1ccccc1C(=O)NCCCC[C@@H](N)C(=O)O. The van der Waals surface area contributed by atoms with Crippen molar-refractivity contribution in [3.63, 3.8) is 0 Å². The van der Waals surface area contributed by atoms with E-state index >= 15 is 0 Å². The minimum Gasteiger partial charge on any atom is -0.480 e. The maximum Gasteiger partial charge on any atom is 0.320 e. The Morgan fingerprint density at radius 2 is 1.81 bits per heavy atom. The molecule has 1 amide bonds. The Bertz CT molecular complexity index is 528. The third kappa shape index (κ3) is 5.35. The second-order valence-corrected chi connectivity index (χ2v) is 4.80. The van der Waals surface area contributed by atoms with E-state index in [1.165, 1.54) is 6.92 Å². The average Bonchev–Trinajstić information content (AvgIpc) is 2.46. The monoisotopic (exact) mass is 292 g/mol. The predicted molar refractivity (Wildman–Crippen MR) is 78.2 cm³/mol. The van der Waals surface area contributed by atoms with E-state index in [-0.39, 0.29) is 11.7 Å². The summed E-state index contributed by atoms with van der Waals surface area (Å²) in [4.78, 5) is 34.0. The summed E-state index contributed by atoms with van der Waals surface area (Å²) in [6.07, 6.45) is 1.62. The third-order valence-electron chi connectivity index (χ3n) is 3.10. The summed E-state index contributed by atoms with van der Waals surface area (Å²) in [6, 6.07) is 5.77. The van der Waals surface area contributed by atoms with Gasteiger partial charge in [-0.3, -0.25) is 14.4 Å². The van der Waals surface area contributed by atoms with Crippen molar-refractivity contribution >= 4 is 17.7 Å². The van der Waals surface area contributed by atoms with E-state index in [1.807, 2.05) is 0 Å². The van der Waals surface area contributed by atoms with Crippen LogP contribution in [0.1, 0.15) is 46.9 Å². The lowest BCUT2D eigenvalue weighted by molar-refractivity contribution is -0.138. The molecule has 1 atom stereocenters. The highest BCUT2D eigenvalue weighted by atomic mass is 16.4. The Balaban J connectivity index is 2.41. The molecule has 0 radical (unpaired) electrons. The van der Waals surface area contributed by atoms with Gasteiger partial charge in [-0.2, -0.15) is 0 Å². The zero-order valence-corrected chi connectivity index (χ0v) is 12.0. The lowest BCUT2D eigenvalue weighted by Crippen LogP contribution is -2.30. The average molecular weight is 292 g/mol. The molecule has 0 saturated carbocycles. The van der Waals surface area contributed by atoms with Crippen molar-refractivity contribution in [1.29, 1.82) is 0 Å². The van der Waals surface area contributed by atoms with Gasteiger partial charge in [-0.15, -0.1) is 0 Å². The third-order valence-corrected chi connectivity index (χ3v) is 3.10. The van der Waals surface area contributed by atoms with Crippen molar-refractivity contribution in [2.75, 3.05) is 6.54 Å². The Morgan fingerprint density at radius 3 is 2.38 bits per heavy atom. The van der Waals surface area contributed by atoms with Crippen molar-refractivity contribution in [3.05, 3.63) is 35.4 Å². The summed E-state index contributed by atoms with van der Waals surface area (Å²) in [5, 5.41) is 11.3. The number of carbonyl (C=O) groups is 3. The second-order valence-electron chi connectivity index (χ2n) is 4.80. The minimum atomic E-state index is -1.02. The van der Waals surface area contributed by atoms with Gasteiger partial charge in [-0.25, -0.2) is 0 Å². The first-order valence-corrected chi connectivity index (χ1v) is 6.80. The Morgan fingerprint density at radius 1 is 1.19 bits per heavy atom. The molecule has 6 heteroatoms. The first-order valence-electron chi connectivity index (χ1n) is 6.80. The molecule has 0 bridgehead atoms. The molecule has 1 aromatic carbocycles. The smallest absolute Gasteiger partial charge is 0.320 e. The quantitative estimate of drug-likeness (QED) is 0.492. The summed E-state index contributed by atoms with van der Waals surface area (Å²) in [7, 11) is 0. The van der Waals surface area contributed by atoms with E-state index in [0.717, 1.165) is 0 Å². The number of carboxylic acids is 1. The van der Waals surface area contributed by atoms with Crippen molar-refractivity contribution in [2.24, 2.45) is 5.73 Å². The van der Waals surface area contributed by atoms with Crippen LogP contribution in [0.2, 0.25) is 0 Å². The molecule has 0 saturated heterocycles. The van der Waals surface area contributed by atoms with Gasteiger partial charge < -0.3 is 16.2 Å². The zero-order valence-electron chi connectivity index (χ0n) is 12.0. The number of carbonyl (C=O) groups excluding carboxylic acids is 2. The highest BCUT2D eigenvalue weighted by Gasteiger charge is 2.13. The van der Waals surface area contributed by atoms with Crippen LogP contribution in [0.3, 0.4) is 0 Å². The highest BCUT2D eigenvalue weighted by Crippen LogP contribution is 2.09. The van der Waals surface area contributed by atoms with E-state index in [1.54, 1.807) is 24.3 Å². The van der Waals surface area contributed by atoms with Gasteiger partial charge in [0.2, 0.25) is 0 Å². The molecule has 21 heavy (non-hydrogen) atoms. The molecule has 0 aliphatic rings. The van der Waals surface area contributed by atoms with Gasteiger partial charge in [-0.05, 0) is 32.3 Å². The van der Waals surface area contributed by atoms with Crippen LogP contribution >= 0.6 is 0 Å². The Hall–Kier alpha value is -2.21. The summed E-state index contributed by atoms with van der Waals surface area (Å²) >= 11 is 0. The molecular formula is C15H20N2O4. The fraction of sp³-hybridized carbons (Fsp3) is 0.400. The number of unbranched alkanes of at least 4 members (excludes halogenated alkanes) is 1. The largest absolute Gasteiger partial charge is 0.480 e. The number of benzene rings is 1. The van der Waals surface area contributed by atoms with Gasteiger partial charge in [0.05, 0.1) is 5.56 Å².